The molecule has 7 rings (SSSR count). The van der Waals surface area contributed by atoms with Gasteiger partial charge < -0.3 is 9.64 Å². The molecule has 0 saturated heterocycles. The van der Waals surface area contributed by atoms with Crippen LogP contribution in [-0.2, 0) is 34.5 Å². The Hall–Kier alpha value is -7.23. The molecule has 2 heterocycles. The van der Waals surface area contributed by atoms with Crippen LogP contribution in [0, 0.1) is 0 Å². The first-order valence-electron chi connectivity index (χ1n) is 20.1. The number of hydrogen-bond acceptors (Lipinski definition) is 8. The highest BCUT2D eigenvalue weighted by Crippen LogP contribution is 2.43. The van der Waals surface area contributed by atoms with Crippen LogP contribution in [0.3, 0.4) is 0 Å². The molecular weight excluding hydrogens is 749 g/mol. The molecule has 11 heteroatoms. The van der Waals surface area contributed by atoms with Crippen molar-refractivity contribution in [2.45, 2.75) is 51.1 Å². The van der Waals surface area contributed by atoms with Crippen molar-refractivity contribution in [2.75, 3.05) is 21.2 Å². The van der Waals surface area contributed by atoms with Crippen LogP contribution in [0.25, 0.3) is 22.5 Å². The molecule has 0 aliphatic heterocycles. The van der Waals surface area contributed by atoms with Crippen LogP contribution >= 0.6 is 0 Å². The second kappa shape index (κ2) is 19.0. The maximum Gasteiger partial charge on any atom is 0.258 e. The molecule has 60 heavy (non-hydrogen) atoms. The standard InChI is InChI=1S/C49H48N8O3/c1-5-6-27-45-44(47(59)56(31-30-41(34-58)60-4)48(51-45)50-35-55(2)3)33-36-28-29-42(37-19-11-7-12-20-37)43(32-36)46-52-53-54-57(46)49(38-21-13-8-14-22-38,39-23-15-9-16-24-39)40-25-17-10-18-26-40/h7-26,28-29,32,35H,5-6,27,30-31,33H2,1-4H3. The van der Waals surface area contributed by atoms with Crippen molar-refractivity contribution in [3.63, 3.8) is 0 Å². The summed E-state index contributed by atoms with van der Waals surface area (Å²) in [6.45, 7) is 2.25. The highest BCUT2D eigenvalue weighted by Gasteiger charge is 2.42. The minimum absolute atomic E-state index is 0.109. The first-order chi connectivity index (χ1) is 29.4. The monoisotopic (exact) mass is 796 g/mol. The third kappa shape index (κ3) is 8.48. The molecule has 11 nitrogen and oxygen atoms in total. The summed E-state index contributed by atoms with van der Waals surface area (Å²) in [5, 5.41) is 14.0. The van der Waals surface area contributed by atoms with Crippen molar-refractivity contribution in [1.82, 2.24) is 34.7 Å². The highest BCUT2D eigenvalue weighted by molar-refractivity contribution is 5.81. The van der Waals surface area contributed by atoms with Crippen LogP contribution < -0.4 is 5.56 Å². The SMILES string of the molecule is CCCCc1nc(N=CN(C)C)n(CCC(=C=O)OC)c(=O)c1Cc1ccc(-c2ccccc2)c(-c2nnnn2C(c2ccccc2)(c2ccccc2)c2ccccc2)c1. The molecule has 302 valence electrons. The van der Waals surface area contributed by atoms with Crippen molar-refractivity contribution in [3.05, 3.63) is 189 Å². The van der Waals surface area contributed by atoms with Crippen LogP contribution in [0.1, 0.15) is 59.7 Å². The maximum atomic E-state index is 14.7. The smallest absolute Gasteiger partial charge is 0.258 e. The number of carbonyl (C=O) groups excluding carboxylic acids is 1. The number of nitrogens with zero attached hydrogens (tertiary/aromatic N) is 8. The molecular formula is C49H48N8O3. The first kappa shape index (κ1) is 40.9. The van der Waals surface area contributed by atoms with Crippen LogP contribution in [0.15, 0.2) is 155 Å². The van der Waals surface area contributed by atoms with E-state index in [4.69, 9.17) is 20.0 Å². The predicted molar refractivity (Wildman–Crippen MR) is 236 cm³/mol. The van der Waals surface area contributed by atoms with Crippen molar-refractivity contribution >= 4 is 18.2 Å². The highest BCUT2D eigenvalue weighted by atomic mass is 16.5. The molecule has 0 atom stereocenters. The quantitative estimate of drug-likeness (QED) is 0.0297. The van der Waals surface area contributed by atoms with Gasteiger partial charge in [0.2, 0.25) is 5.95 Å². The predicted octanol–water partition coefficient (Wildman–Crippen LogP) is 8.31. The minimum Gasteiger partial charge on any atom is -0.490 e. The number of hydrogen-bond donors (Lipinski definition) is 0. The lowest BCUT2D eigenvalue weighted by atomic mass is 9.76. The van der Waals surface area contributed by atoms with Gasteiger partial charge >= 0.3 is 0 Å². The summed E-state index contributed by atoms with van der Waals surface area (Å²) >= 11 is 0. The zero-order valence-electron chi connectivity index (χ0n) is 34.4. The summed E-state index contributed by atoms with van der Waals surface area (Å²) in [6.07, 6.45) is 4.43. The Morgan fingerprint density at radius 2 is 1.43 bits per heavy atom. The summed E-state index contributed by atoms with van der Waals surface area (Å²) in [5.74, 6) is 2.76. The number of aromatic nitrogens is 6. The molecule has 0 aliphatic rings. The van der Waals surface area contributed by atoms with Gasteiger partial charge in [0.05, 0.1) is 19.1 Å². The average Bonchev–Trinajstić information content (AvgIpc) is 3.78. The van der Waals surface area contributed by atoms with Gasteiger partial charge in [-0.05, 0) is 62.7 Å². The van der Waals surface area contributed by atoms with Crippen molar-refractivity contribution in [3.8, 4) is 22.5 Å². The van der Waals surface area contributed by atoms with E-state index in [-0.39, 0.29) is 36.7 Å². The Morgan fingerprint density at radius 1 is 0.833 bits per heavy atom. The Labute approximate surface area is 350 Å². The number of benzene rings is 5. The largest absolute Gasteiger partial charge is 0.490 e. The van der Waals surface area contributed by atoms with Gasteiger partial charge in [-0.25, -0.2) is 19.5 Å². The molecule has 0 radical (unpaired) electrons. The fourth-order valence-corrected chi connectivity index (χ4v) is 7.68. The molecule has 2 aromatic heterocycles. The van der Waals surface area contributed by atoms with Gasteiger partial charge in [0.1, 0.15) is 5.54 Å². The van der Waals surface area contributed by atoms with E-state index >= 15 is 0 Å². The van der Waals surface area contributed by atoms with E-state index in [1.807, 2.05) is 97.5 Å². The number of unbranched alkanes of at least 4 members (excludes halogenated alkanes) is 1. The number of rotatable bonds is 17. The normalized spacial score (nSPS) is 11.4. The number of allylic oxidation sites excluding steroid dienone is 1. The maximum absolute atomic E-state index is 14.7. The van der Waals surface area contributed by atoms with Gasteiger partial charge in [0.25, 0.3) is 5.56 Å². The number of ether oxygens (including phenoxy) is 1. The first-order valence-corrected chi connectivity index (χ1v) is 20.1. The van der Waals surface area contributed by atoms with Gasteiger partial charge in [0.15, 0.2) is 17.5 Å². The summed E-state index contributed by atoms with van der Waals surface area (Å²) in [6, 6.07) is 47.4. The minimum atomic E-state index is -0.975. The topological polar surface area (TPSA) is 120 Å². The van der Waals surface area contributed by atoms with E-state index in [0.717, 1.165) is 51.8 Å². The van der Waals surface area contributed by atoms with Crippen LogP contribution in [0.2, 0.25) is 0 Å². The summed E-state index contributed by atoms with van der Waals surface area (Å²) in [7, 11) is 5.13. The molecule has 0 amide bonds. The Bertz CT molecular complexity index is 2560. The van der Waals surface area contributed by atoms with Gasteiger partial charge in [-0.1, -0.05) is 147 Å². The molecule has 0 aliphatic carbocycles. The molecule has 0 bridgehead atoms. The van der Waals surface area contributed by atoms with E-state index in [0.29, 0.717) is 23.5 Å². The molecule has 0 spiro atoms. The van der Waals surface area contributed by atoms with Gasteiger partial charge in [-0.3, -0.25) is 9.36 Å². The molecule has 0 fully saturated rings. The Kier molecular flexibility index (Phi) is 13.0. The van der Waals surface area contributed by atoms with Crippen molar-refractivity contribution in [2.24, 2.45) is 4.99 Å². The molecule has 0 unspecified atom stereocenters. The molecule has 0 N–H and O–H groups in total. The molecule has 7 aromatic rings. The van der Waals surface area contributed by atoms with Crippen LogP contribution in [0.4, 0.5) is 5.95 Å². The number of aryl methyl sites for hydroxylation is 1. The number of methoxy groups -OCH3 is 1. The number of aliphatic imine (C=N–C) groups is 1. The van der Waals surface area contributed by atoms with Gasteiger partial charge in [0, 0.05) is 44.6 Å². The second-order valence-corrected chi connectivity index (χ2v) is 14.7. The van der Waals surface area contributed by atoms with E-state index in [9.17, 15) is 9.59 Å². The summed E-state index contributed by atoms with van der Waals surface area (Å²) in [5.41, 5.74) is 6.61. The average molecular weight is 797 g/mol. The van der Waals surface area contributed by atoms with E-state index in [1.165, 1.54) is 11.7 Å². The third-order valence-electron chi connectivity index (χ3n) is 10.6. The third-order valence-corrected chi connectivity index (χ3v) is 10.6. The van der Waals surface area contributed by atoms with Crippen LogP contribution in [-0.4, -0.2) is 68.1 Å². The van der Waals surface area contributed by atoms with Crippen molar-refractivity contribution < 1.29 is 9.53 Å². The number of tetrazole rings is 1. The summed E-state index contributed by atoms with van der Waals surface area (Å²) < 4.78 is 8.67. The fraction of sp³-hybridized carbons (Fsp3) is 0.224. The lowest BCUT2D eigenvalue weighted by Gasteiger charge is -2.36. The second-order valence-electron chi connectivity index (χ2n) is 14.7. The fourth-order valence-electron chi connectivity index (χ4n) is 7.68. The zero-order valence-corrected chi connectivity index (χ0v) is 34.4. The lowest BCUT2D eigenvalue weighted by Crippen LogP contribution is -2.39. The Balaban J connectivity index is 1.46. The van der Waals surface area contributed by atoms with E-state index in [2.05, 4.69) is 83.9 Å². The Morgan fingerprint density at radius 3 is 1.98 bits per heavy atom. The van der Waals surface area contributed by atoms with Gasteiger partial charge in [-0.15, -0.1) is 5.10 Å². The van der Waals surface area contributed by atoms with Crippen molar-refractivity contribution in [1.29, 1.82) is 0 Å². The zero-order chi connectivity index (χ0) is 41.9. The molecule has 0 saturated carbocycles. The summed E-state index contributed by atoms with van der Waals surface area (Å²) in [4.78, 5) is 37.7. The van der Waals surface area contributed by atoms with Gasteiger partial charge in [-0.2, -0.15) is 0 Å². The van der Waals surface area contributed by atoms with Crippen LogP contribution in [0.5, 0.6) is 0 Å². The molecule has 5 aromatic carbocycles. The van der Waals surface area contributed by atoms with E-state index in [1.54, 1.807) is 11.2 Å². The van der Waals surface area contributed by atoms with E-state index < -0.39 is 5.54 Å². The lowest BCUT2D eigenvalue weighted by molar-refractivity contribution is 0.275.